The van der Waals surface area contributed by atoms with Gasteiger partial charge in [0.25, 0.3) is 0 Å². The lowest BCUT2D eigenvalue weighted by molar-refractivity contribution is 0.412. The van der Waals surface area contributed by atoms with E-state index in [4.69, 9.17) is 14.7 Å². The van der Waals surface area contributed by atoms with Crippen LogP contribution in [-0.2, 0) is 6.54 Å². The fraction of sp³-hybridized carbons (Fsp3) is 0.522. The van der Waals surface area contributed by atoms with Gasteiger partial charge in [-0.15, -0.1) is 0 Å². The molecule has 0 aromatic heterocycles. The van der Waals surface area contributed by atoms with Crippen molar-refractivity contribution in [2.24, 2.45) is 0 Å². The minimum absolute atomic E-state index is 0.270. The summed E-state index contributed by atoms with van der Waals surface area (Å²) in [5.74, 6) is 3.74. The number of fused-ring (bicyclic) bond motifs is 1. The van der Waals surface area contributed by atoms with E-state index in [2.05, 4.69) is 58.7 Å². The van der Waals surface area contributed by atoms with Gasteiger partial charge in [-0.1, -0.05) is 19.9 Å². The SMILES string of the molecule is CCNc1ncn(Cc2ccc(OC)c(N3CCCCC3)c2)c2nc(C(C)C)nc1-2. The molecule has 3 aliphatic heterocycles. The van der Waals surface area contributed by atoms with E-state index in [-0.39, 0.29) is 5.92 Å². The van der Waals surface area contributed by atoms with Crippen LogP contribution in [0.3, 0.4) is 0 Å². The number of nitrogens with zero attached hydrogens (tertiary/aromatic N) is 5. The van der Waals surface area contributed by atoms with Crippen LogP contribution in [0.2, 0.25) is 0 Å². The first-order valence-corrected chi connectivity index (χ1v) is 11.0. The van der Waals surface area contributed by atoms with Gasteiger partial charge in [0.05, 0.1) is 25.7 Å². The first kappa shape index (κ1) is 20.4. The third kappa shape index (κ3) is 4.06. The van der Waals surface area contributed by atoms with Crippen LogP contribution in [0.15, 0.2) is 24.5 Å². The number of benzene rings is 1. The molecule has 1 fully saturated rings. The normalized spacial score (nSPS) is 14.5. The van der Waals surface area contributed by atoms with Crippen LogP contribution in [0.5, 0.6) is 5.75 Å². The van der Waals surface area contributed by atoms with Gasteiger partial charge in [-0.2, -0.15) is 0 Å². The molecule has 30 heavy (non-hydrogen) atoms. The van der Waals surface area contributed by atoms with Crippen LogP contribution in [0, 0.1) is 0 Å². The number of imidazole rings is 1. The Hall–Kier alpha value is -2.83. The number of hydrogen-bond acceptors (Lipinski definition) is 6. The van der Waals surface area contributed by atoms with Gasteiger partial charge in [0, 0.05) is 25.6 Å². The molecule has 0 radical (unpaired) electrons. The minimum atomic E-state index is 0.270. The summed E-state index contributed by atoms with van der Waals surface area (Å²) in [6, 6.07) is 6.46. The van der Waals surface area contributed by atoms with E-state index in [1.807, 2.05) is 6.33 Å². The Balaban J connectivity index is 1.69. The Morgan fingerprint density at radius 1 is 1.13 bits per heavy atom. The number of anilines is 2. The van der Waals surface area contributed by atoms with Crippen molar-refractivity contribution < 1.29 is 4.74 Å². The predicted molar refractivity (Wildman–Crippen MR) is 121 cm³/mol. The minimum Gasteiger partial charge on any atom is -0.495 e. The number of methoxy groups -OCH3 is 1. The molecule has 0 saturated carbocycles. The highest BCUT2D eigenvalue weighted by atomic mass is 16.5. The topological polar surface area (TPSA) is 68.1 Å². The fourth-order valence-corrected chi connectivity index (χ4v) is 4.04. The van der Waals surface area contributed by atoms with Crippen LogP contribution in [-0.4, -0.2) is 46.3 Å². The summed E-state index contributed by atoms with van der Waals surface area (Å²) in [6.45, 7) is 9.96. The van der Waals surface area contributed by atoms with Gasteiger partial charge >= 0.3 is 0 Å². The Morgan fingerprint density at radius 3 is 2.63 bits per heavy atom. The molecule has 0 atom stereocenters. The number of hydrogen-bond donors (Lipinski definition) is 1. The molecule has 1 N–H and O–H groups in total. The van der Waals surface area contributed by atoms with Crippen LogP contribution < -0.4 is 15.0 Å². The van der Waals surface area contributed by atoms with Crippen molar-refractivity contribution in [1.82, 2.24) is 19.5 Å². The van der Waals surface area contributed by atoms with E-state index >= 15 is 0 Å². The second-order valence-corrected chi connectivity index (χ2v) is 8.21. The van der Waals surface area contributed by atoms with E-state index in [0.29, 0.717) is 6.54 Å². The van der Waals surface area contributed by atoms with Gasteiger partial charge in [-0.25, -0.2) is 15.0 Å². The van der Waals surface area contributed by atoms with Crippen molar-refractivity contribution in [3.05, 3.63) is 35.9 Å². The van der Waals surface area contributed by atoms with E-state index in [1.165, 1.54) is 30.5 Å². The largest absolute Gasteiger partial charge is 0.495 e. The smallest absolute Gasteiger partial charge is 0.166 e. The van der Waals surface area contributed by atoms with Crippen LogP contribution in [0.25, 0.3) is 11.5 Å². The van der Waals surface area contributed by atoms with Gasteiger partial charge in [-0.3, -0.25) is 0 Å². The lowest BCUT2D eigenvalue weighted by Gasteiger charge is -2.30. The lowest BCUT2D eigenvalue weighted by atomic mass is 10.1. The van der Waals surface area contributed by atoms with Crippen molar-refractivity contribution in [1.29, 1.82) is 0 Å². The highest BCUT2D eigenvalue weighted by molar-refractivity contribution is 5.68. The summed E-state index contributed by atoms with van der Waals surface area (Å²) in [7, 11) is 1.75. The standard InChI is InChI=1S/C23H32N6O/c1-5-24-22-20-23(27-21(26-20)16(2)3)29(15-25-22)14-17-9-10-19(30-4)18(13-17)28-11-7-6-8-12-28/h9-10,13,15-16,24H,5-8,11-12,14H2,1-4H3. The van der Waals surface area contributed by atoms with E-state index in [1.54, 1.807) is 7.11 Å². The molecule has 0 aliphatic carbocycles. The molecule has 7 nitrogen and oxygen atoms in total. The summed E-state index contributed by atoms with van der Waals surface area (Å²) in [5.41, 5.74) is 3.22. The molecule has 0 spiro atoms. The summed E-state index contributed by atoms with van der Waals surface area (Å²) in [4.78, 5) is 16.7. The van der Waals surface area contributed by atoms with Gasteiger partial charge in [0.15, 0.2) is 17.3 Å². The monoisotopic (exact) mass is 408 g/mol. The molecule has 1 aromatic carbocycles. The molecule has 1 aromatic rings. The summed E-state index contributed by atoms with van der Waals surface area (Å²) in [6.07, 6.45) is 5.65. The molecule has 4 rings (SSSR count). The van der Waals surface area contributed by atoms with Crippen molar-refractivity contribution in [3.63, 3.8) is 0 Å². The molecule has 1 saturated heterocycles. The number of aromatic nitrogens is 4. The third-order valence-corrected chi connectivity index (χ3v) is 5.63. The van der Waals surface area contributed by atoms with Crippen LogP contribution in [0.4, 0.5) is 11.5 Å². The average Bonchev–Trinajstić information content (AvgIpc) is 3.23. The second-order valence-electron chi connectivity index (χ2n) is 8.21. The van der Waals surface area contributed by atoms with Crippen molar-refractivity contribution in [2.75, 3.05) is 37.0 Å². The third-order valence-electron chi connectivity index (χ3n) is 5.63. The van der Waals surface area contributed by atoms with E-state index < -0.39 is 0 Å². The predicted octanol–water partition coefficient (Wildman–Crippen LogP) is 4.38. The summed E-state index contributed by atoms with van der Waals surface area (Å²) >= 11 is 0. The first-order valence-electron chi connectivity index (χ1n) is 11.0. The van der Waals surface area contributed by atoms with Crippen LogP contribution >= 0.6 is 0 Å². The van der Waals surface area contributed by atoms with Gasteiger partial charge in [0.1, 0.15) is 11.6 Å². The maximum absolute atomic E-state index is 5.65. The number of ether oxygens (including phenoxy) is 1. The van der Waals surface area contributed by atoms with Gasteiger partial charge < -0.3 is 19.5 Å². The number of piperidine rings is 1. The zero-order valence-corrected chi connectivity index (χ0v) is 18.5. The number of nitrogens with one attached hydrogen (secondary N) is 1. The first-order chi connectivity index (χ1) is 14.6. The maximum Gasteiger partial charge on any atom is 0.166 e. The highest BCUT2D eigenvalue weighted by Crippen LogP contribution is 2.33. The zero-order valence-electron chi connectivity index (χ0n) is 18.5. The summed E-state index contributed by atoms with van der Waals surface area (Å²) < 4.78 is 7.75. The fourth-order valence-electron chi connectivity index (χ4n) is 4.04. The van der Waals surface area contributed by atoms with Gasteiger partial charge in [-0.05, 0) is 43.9 Å². The van der Waals surface area contributed by atoms with Crippen molar-refractivity contribution >= 4 is 11.5 Å². The maximum atomic E-state index is 5.65. The molecule has 0 unspecified atom stereocenters. The molecule has 7 heteroatoms. The summed E-state index contributed by atoms with van der Waals surface area (Å²) in [5, 5.41) is 3.31. The second kappa shape index (κ2) is 8.90. The molecule has 3 heterocycles. The highest BCUT2D eigenvalue weighted by Gasteiger charge is 2.22. The molecule has 0 bridgehead atoms. The Morgan fingerprint density at radius 2 is 1.93 bits per heavy atom. The van der Waals surface area contributed by atoms with Crippen molar-refractivity contribution in [2.45, 2.75) is 52.5 Å². The number of rotatable bonds is 7. The molecular formula is C23H32N6O. The zero-order chi connectivity index (χ0) is 21.1. The lowest BCUT2D eigenvalue weighted by Crippen LogP contribution is -2.29. The average molecular weight is 409 g/mol. The molecule has 0 amide bonds. The molecule has 3 aliphatic rings. The quantitative estimate of drug-likeness (QED) is 0.626. The van der Waals surface area contributed by atoms with E-state index in [0.717, 1.165) is 48.5 Å². The van der Waals surface area contributed by atoms with Crippen molar-refractivity contribution in [3.8, 4) is 17.3 Å². The van der Waals surface area contributed by atoms with E-state index in [9.17, 15) is 0 Å². The van der Waals surface area contributed by atoms with Gasteiger partial charge in [0.2, 0.25) is 0 Å². The van der Waals surface area contributed by atoms with Crippen LogP contribution in [0.1, 0.15) is 57.3 Å². The Kier molecular flexibility index (Phi) is 6.06. The molecule has 160 valence electrons. The Labute approximate surface area is 178 Å². The Bertz CT molecular complexity index is 960. The molecular weight excluding hydrogens is 376 g/mol.